The van der Waals surface area contributed by atoms with E-state index < -0.39 is 0 Å². The normalized spacial score (nSPS) is 13.9. The molecule has 34 heavy (non-hydrogen) atoms. The predicted octanol–water partition coefficient (Wildman–Crippen LogP) is 4.90. The average Bonchev–Trinajstić information content (AvgIpc) is 3.13. The third-order valence-corrected chi connectivity index (χ3v) is 6.94. The van der Waals surface area contributed by atoms with Crippen molar-refractivity contribution < 1.29 is 9.59 Å². The van der Waals surface area contributed by atoms with Crippen LogP contribution in [0.3, 0.4) is 0 Å². The van der Waals surface area contributed by atoms with Crippen LogP contribution in [0, 0.1) is 13.8 Å². The van der Waals surface area contributed by atoms with Crippen LogP contribution in [-0.4, -0.2) is 52.4 Å². The largest absolute Gasteiger partial charge is 0.340 e. The molecular weight excluding hydrogens is 422 g/mol. The van der Waals surface area contributed by atoms with Crippen LogP contribution in [0.15, 0.2) is 78.9 Å². The highest BCUT2D eigenvalue weighted by atomic mass is 16.2. The quantitative estimate of drug-likeness (QED) is 0.443. The molecule has 4 aromatic rings. The first-order valence-electron chi connectivity index (χ1n) is 11.8. The maximum absolute atomic E-state index is 13.3. The Morgan fingerprint density at radius 3 is 1.88 bits per heavy atom. The van der Waals surface area contributed by atoms with Crippen molar-refractivity contribution in [3.63, 3.8) is 0 Å². The first-order chi connectivity index (χ1) is 16.5. The lowest BCUT2D eigenvalue weighted by atomic mass is 10.1. The number of amides is 2. The van der Waals surface area contributed by atoms with Crippen LogP contribution in [0.2, 0.25) is 0 Å². The molecule has 3 aromatic carbocycles. The van der Waals surface area contributed by atoms with Gasteiger partial charge in [-0.15, -0.1) is 0 Å². The van der Waals surface area contributed by atoms with Gasteiger partial charge in [0.25, 0.3) is 11.8 Å². The van der Waals surface area contributed by atoms with Crippen molar-refractivity contribution in [3.05, 3.63) is 107 Å². The molecule has 2 amide bonds. The van der Waals surface area contributed by atoms with Crippen molar-refractivity contribution in [2.45, 2.75) is 20.4 Å². The molecule has 0 atom stereocenters. The van der Waals surface area contributed by atoms with Gasteiger partial charge in [0.15, 0.2) is 0 Å². The van der Waals surface area contributed by atoms with Crippen molar-refractivity contribution in [2.24, 2.45) is 0 Å². The third kappa shape index (κ3) is 4.10. The number of carbonyl (C=O) groups is 2. The number of rotatable bonds is 4. The number of piperazine rings is 1. The van der Waals surface area contributed by atoms with Crippen LogP contribution in [0.4, 0.5) is 0 Å². The summed E-state index contributed by atoms with van der Waals surface area (Å²) in [5.74, 6) is 0.0570. The minimum Gasteiger partial charge on any atom is -0.340 e. The van der Waals surface area contributed by atoms with Gasteiger partial charge in [0, 0.05) is 60.4 Å². The van der Waals surface area contributed by atoms with Crippen LogP contribution < -0.4 is 0 Å². The zero-order valence-corrected chi connectivity index (χ0v) is 19.7. The fourth-order valence-electron chi connectivity index (χ4n) is 4.81. The molecule has 0 bridgehead atoms. The predicted molar refractivity (Wildman–Crippen MR) is 135 cm³/mol. The number of aromatic nitrogens is 1. The van der Waals surface area contributed by atoms with E-state index in [1.165, 1.54) is 16.8 Å². The molecule has 0 saturated carbocycles. The van der Waals surface area contributed by atoms with Crippen LogP contribution in [0.25, 0.3) is 10.9 Å². The number of carbonyl (C=O) groups excluding carboxylic acids is 2. The molecular formula is C29H29N3O2. The molecule has 1 saturated heterocycles. The maximum Gasteiger partial charge on any atom is 0.253 e. The second kappa shape index (κ2) is 9.18. The molecule has 172 valence electrons. The molecule has 0 aliphatic carbocycles. The van der Waals surface area contributed by atoms with Crippen LogP contribution in [-0.2, 0) is 6.54 Å². The van der Waals surface area contributed by atoms with Crippen LogP contribution >= 0.6 is 0 Å². The molecule has 1 aromatic heterocycles. The third-order valence-electron chi connectivity index (χ3n) is 6.94. The first-order valence-corrected chi connectivity index (χ1v) is 11.8. The number of hydrogen-bond donors (Lipinski definition) is 0. The SMILES string of the molecule is Cc1c(C)n(Cc2ccccc2)c2ccc(C(=O)N3CCN(C(=O)c4ccccc4)CC3)cc12. The van der Waals surface area contributed by atoms with E-state index in [1.807, 2.05) is 58.3 Å². The Bertz CT molecular complexity index is 1330. The molecule has 0 N–H and O–H groups in total. The Labute approximate surface area is 200 Å². The minimum absolute atomic E-state index is 0.0278. The summed E-state index contributed by atoms with van der Waals surface area (Å²) in [6, 6.07) is 25.8. The van der Waals surface area contributed by atoms with Crippen LogP contribution in [0.1, 0.15) is 37.5 Å². The van der Waals surface area contributed by atoms with Gasteiger partial charge in [-0.3, -0.25) is 9.59 Å². The maximum atomic E-state index is 13.3. The van der Waals surface area contributed by atoms with Crippen molar-refractivity contribution >= 4 is 22.7 Å². The molecule has 2 heterocycles. The van der Waals surface area contributed by atoms with E-state index >= 15 is 0 Å². The van der Waals surface area contributed by atoms with E-state index in [1.54, 1.807) is 0 Å². The van der Waals surface area contributed by atoms with E-state index in [9.17, 15) is 9.59 Å². The fraction of sp³-hybridized carbons (Fsp3) is 0.241. The summed E-state index contributed by atoms with van der Waals surface area (Å²) in [7, 11) is 0. The summed E-state index contributed by atoms with van der Waals surface area (Å²) >= 11 is 0. The Kier molecular flexibility index (Phi) is 5.93. The molecule has 5 nitrogen and oxygen atoms in total. The van der Waals surface area contributed by atoms with Gasteiger partial charge in [-0.2, -0.15) is 0 Å². The van der Waals surface area contributed by atoms with Gasteiger partial charge in [0.05, 0.1) is 0 Å². The molecule has 1 aliphatic rings. The van der Waals surface area contributed by atoms with E-state index in [0.717, 1.165) is 17.4 Å². The van der Waals surface area contributed by atoms with E-state index in [4.69, 9.17) is 0 Å². The van der Waals surface area contributed by atoms with Gasteiger partial charge in [-0.25, -0.2) is 0 Å². The van der Waals surface area contributed by atoms with Crippen LogP contribution in [0.5, 0.6) is 0 Å². The first kappa shape index (κ1) is 22.0. The summed E-state index contributed by atoms with van der Waals surface area (Å²) < 4.78 is 2.32. The van der Waals surface area contributed by atoms with Gasteiger partial charge in [-0.1, -0.05) is 48.5 Å². The Morgan fingerprint density at radius 1 is 0.706 bits per heavy atom. The van der Waals surface area contributed by atoms with E-state index in [2.05, 4.69) is 48.7 Å². The molecule has 0 radical (unpaired) electrons. The van der Waals surface area contributed by atoms with Crippen molar-refractivity contribution in [1.82, 2.24) is 14.4 Å². The number of fused-ring (bicyclic) bond motifs is 1. The highest BCUT2D eigenvalue weighted by molar-refractivity contribution is 5.99. The number of benzene rings is 3. The summed E-state index contributed by atoms with van der Waals surface area (Å²) in [6.07, 6.45) is 0. The second-order valence-electron chi connectivity index (χ2n) is 8.96. The molecule has 5 heteroatoms. The topological polar surface area (TPSA) is 45.6 Å². The monoisotopic (exact) mass is 451 g/mol. The highest BCUT2D eigenvalue weighted by Crippen LogP contribution is 2.28. The lowest BCUT2D eigenvalue weighted by Gasteiger charge is -2.35. The smallest absolute Gasteiger partial charge is 0.253 e. The average molecular weight is 452 g/mol. The standard InChI is InChI=1S/C29H29N3O2/c1-21-22(2)32(20-23-9-5-3-6-10-23)27-14-13-25(19-26(21)27)29(34)31-17-15-30(16-18-31)28(33)24-11-7-4-8-12-24/h3-14,19H,15-18,20H2,1-2H3. The summed E-state index contributed by atoms with van der Waals surface area (Å²) in [6.45, 7) is 7.26. The summed E-state index contributed by atoms with van der Waals surface area (Å²) in [5.41, 5.74) is 6.23. The van der Waals surface area contributed by atoms with Gasteiger partial charge >= 0.3 is 0 Å². The number of hydrogen-bond acceptors (Lipinski definition) is 2. The van der Waals surface area contributed by atoms with Gasteiger partial charge in [0.1, 0.15) is 0 Å². The molecule has 1 aliphatic heterocycles. The zero-order chi connectivity index (χ0) is 23.7. The zero-order valence-electron chi connectivity index (χ0n) is 19.7. The van der Waals surface area contributed by atoms with Gasteiger partial charge < -0.3 is 14.4 Å². The van der Waals surface area contributed by atoms with E-state index in [0.29, 0.717) is 37.3 Å². The summed E-state index contributed by atoms with van der Waals surface area (Å²) in [4.78, 5) is 29.7. The van der Waals surface area contributed by atoms with Crippen molar-refractivity contribution in [3.8, 4) is 0 Å². The molecule has 0 unspecified atom stereocenters. The Balaban J connectivity index is 1.32. The van der Waals surface area contributed by atoms with Gasteiger partial charge in [0.2, 0.25) is 0 Å². The fourth-order valence-corrected chi connectivity index (χ4v) is 4.81. The minimum atomic E-state index is 0.0278. The summed E-state index contributed by atoms with van der Waals surface area (Å²) in [5, 5.41) is 1.12. The van der Waals surface area contributed by atoms with Gasteiger partial charge in [-0.05, 0) is 55.3 Å². The Hall–Kier alpha value is -3.86. The van der Waals surface area contributed by atoms with E-state index in [-0.39, 0.29) is 11.8 Å². The molecule has 0 spiro atoms. The Morgan fingerprint density at radius 2 is 1.26 bits per heavy atom. The van der Waals surface area contributed by atoms with Crippen molar-refractivity contribution in [1.29, 1.82) is 0 Å². The highest BCUT2D eigenvalue weighted by Gasteiger charge is 2.26. The lowest BCUT2D eigenvalue weighted by Crippen LogP contribution is -2.50. The number of aryl methyl sites for hydroxylation is 1. The molecule has 1 fully saturated rings. The van der Waals surface area contributed by atoms with Crippen molar-refractivity contribution in [2.75, 3.05) is 26.2 Å². The second-order valence-corrected chi connectivity index (χ2v) is 8.96. The number of nitrogens with zero attached hydrogens (tertiary/aromatic N) is 3. The lowest BCUT2D eigenvalue weighted by molar-refractivity contribution is 0.0535. The molecule has 5 rings (SSSR count).